The van der Waals surface area contributed by atoms with Crippen LogP contribution in [0.3, 0.4) is 0 Å². The van der Waals surface area contributed by atoms with Crippen molar-refractivity contribution < 1.29 is 9.47 Å². The number of imidazole rings is 1. The van der Waals surface area contributed by atoms with Crippen molar-refractivity contribution in [2.24, 2.45) is 0 Å². The maximum Gasteiger partial charge on any atom is 0.196 e. The molecule has 1 aliphatic rings. The molecule has 26 heavy (non-hydrogen) atoms. The van der Waals surface area contributed by atoms with Crippen LogP contribution in [-0.4, -0.2) is 36.7 Å². The molecule has 0 amide bonds. The highest BCUT2D eigenvalue weighted by Gasteiger charge is 2.18. The first-order valence-corrected chi connectivity index (χ1v) is 9.62. The van der Waals surface area contributed by atoms with E-state index in [4.69, 9.17) is 14.5 Å². The molecule has 0 saturated carbocycles. The molecule has 3 heterocycles. The van der Waals surface area contributed by atoms with Gasteiger partial charge in [-0.2, -0.15) is 0 Å². The van der Waals surface area contributed by atoms with Crippen LogP contribution in [-0.2, 0) is 0 Å². The third kappa shape index (κ3) is 3.48. The van der Waals surface area contributed by atoms with Crippen LogP contribution in [0.25, 0.3) is 16.2 Å². The van der Waals surface area contributed by atoms with E-state index in [-0.39, 0.29) is 12.4 Å². The molecule has 0 bridgehead atoms. The summed E-state index contributed by atoms with van der Waals surface area (Å²) in [6, 6.07) is 5.89. The van der Waals surface area contributed by atoms with Crippen molar-refractivity contribution in [1.82, 2.24) is 9.38 Å². The van der Waals surface area contributed by atoms with Gasteiger partial charge in [-0.15, -0.1) is 23.7 Å². The first-order chi connectivity index (χ1) is 12.3. The first-order valence-electron chi connectivity index (χ1n) is 8.74. The van der Waals surface area contributed by atoms with Gasteiger partial charge in [-0.25, -0.2) is 4.98 Å². The average Bonchev–Trinajstić information content (AvgIpc) is 3.11. The first kappa shape index (κ1) is 18.9. The summed E-state index contributed by atoms with van der Waals surface area (Å²) >= 11 is 1.66. The molecule has 140 valence electrons. The number of ether oxygens (including phenoxy) is 2. The number of methoxy groups -OCH3 is 2. The fourth-order valence-electron chi connectivity index (χ4n) is 3.43. The van der Waals surface area contributed by atoms with E-state index in [1.807, 2.05) is 18.2 Å². The minimum Gasteiger partial charge on any atom is -0.497 e. The van der Waals surface area contributed by atoms with Gasteiger partial charge in [0.2, 0.25) is 0 Å². The molecule has 7 heteroatoms. The lowest BCUT2D eigenvalue weighted by molar-refractivity contribution is 0.404. The lowest BCUT2D eigenvalue weighted by atomic mass is 10.1. The van der Waals surface area contributed by atoms with Gasteiger partial charge in [0.1, 0.15) is 17.3 Å². The van der Waals surface area contributed by atoms with Crippen LogP contribution in [0.2, 0.25) is 0 Å². The maximum absolute atomic E-state index is 5.56. The summed E-state index contributed by atoms with van der Waals surface area (Å²) in [6.07, 6.45) is 7.31. The molecular formula is C19H24ClN3O2S. The summed E-state index contributed by atoms with van der Waals surface area (Å²) in [6.45, 7) is 2.20. The third-order valence-corrected chi connectivity index (χ3v) is 5.65. The number of rotatable bonds is 4. The molecule has 1 fully saturated rings. The Morgan fingerprint density at radius 1 is 1.04 bits per heavy atom. The Kier molecular flexibility index (Phi) is 5.94. The Bertz CT molecular complexity index is 869. The van der Waals surface area contributed by atoms with Crippen molar-refractivity contribution >= 4 is 34.5 Å². The lowest BCUT2D eigenvalue weighted by Gasteiger charge is -2.19. The van der Waals surface area contributed by atoms with E-state index in [1.54, 1.807) is 25.6 Å². The van der Waals surface area contributed by atoms with Crippen molar-refractivity contribution in [2.75, 3.05) is 32.2 Å². The van der Waals surface area contributed by atoms with Crippen molar-refractivity contribution in [2.45, 2.75) is 25.7 Å². The number of fused-ring (bicyclic) bond motifs is 1. The standard InChI is InChI=1S/C19H23N3O2S.ClH/c1-23-14-7-8-17(24-2)15(11-14)16-13-25-19-20-18(12-22(16)19)21-9-5-3-4-6-10-21;/h7-8,11-13H,3-6,9-10H2,1-2H3;1H. The highest BCUT2D eigenvalue weighted by Crippen LogP contribution is 2.36. The van der Waals surface area contributed by atoms with E-state index in [0.29, 0.717) is 0 Å². The number of benzene rings is 1. The number of aromatic nitrogens is 2. The summed E-state index contributed by atoms with van der Waals surface area (Å²) in [4.78, 5) is 8.29. The smallest absolute Gasteiger partial charge is 0.196 e. The molecule has 4 rings (SSSR count). The molecule has 0 spiro atoms. The molecule has 1 aliphatic heterocycles. The van der Waals surface area contributed by atoms with Crippen LogP contribution in [0, 0.1) is 0 Å². The maximum atomic E-state index is 5.56. The summed E-state index contributed by atoms with van der Waals surface area (Å²) in [7, 11) is 3.38. The Morgan fingerprint density at radius 3 is 2.50 bits per heavy atom. The zero-order valence-corrected chi connectivity index (χ0v) is 16.7. The number of nitrogens with zero attached hydrogens (tertiary/aromatic N) is 3. The largest absolute Gasteiger partial charge is 0.497 e. The summed E-state index contributed by atoms with van der Waals surface area (Å²) < 4.78 is 13.1. The second kappa shape index (κ2) is 8.18. The molecule has 0 N–H and O–H groups in total. The molecule has 0 unspecified atom stereocenters. The molecule has 5 nitrogen and oxygen atoms in total. The Balaban J connectivity index is 0.00000196. The summed E-state index contributed by atoms with van der Waals surface area (Å²) in [5.74, 6) is 2.74. The van der Waals surface area contributed by atoms with Crippen LogP contribution in [0.15, 0.2) is 29.8 Å². The molecule has 1 aromatic carbocycles. The van der Waals surface area contributed by atoms with Crippen LogP contribution in [0.5, 0.6) is 11.5 Å². The van der Waals surface area contributed by atoms with Gasteiger partial charge in [0, 0.05) is 24.0 Å². The van der Waals surface area contributed by atoms with Gasteiger partial charge in [-0.3, -0.25) is 4.40 Å². The molecule has 0 aliphatic carbocycles. The van der Waals surface area contributed by atoms with Gasteiger partial charge in [-0.05, 0) is 31.0 Å². The molecule has 0 radical (unpaired) electrons. The van der Waals surface area contributed by atoms with Crippen molar-refractivity contribution in [3.8, 4) is 22.8 Å². The van der Waals surface area contributed by atoms with Crippen LogP contribution in [0.4, 0.5) is 5.82 Å². The number of halogens is 1. The lowest BCUT2D eigenvalue weighted by Crippen LogP contribution is -2.24. The Morgan fingerprint density at radius 2 is 1.81 bits per heavy atom. The molecule has 2 aromatic heterocycles. The van der Waals surface area contributed by atoms with Crippen molar-refractivity contribution in [1.29, 1.82) is 0 Å². The Hall–Kier alpha value is -1.92. The van der Waals surface area contributed by atoms with Crippen molar-refractivity contribution in [3.05, 3.63) is 29.8 Å². The average molecular weight is 394 g/mol. The van der Waals surface area contributed by atoms with E-state index < -0.39 is 0 Å². The number of hydrogen-bond donors (Lipinski definition) is 0. The van der Waals surface area contributed by atoms with E-state index in [9.17, 15) is 0 Å². The van der Waals surface area contributed by atoms with E-state index in [2.05, 4.69) is 20.9 Å². The monoisotopic (exact) mass is 393 g/mol. The molecule has 1 saturated heterocycles. The zero-order valence-electron chi connectivity index (χ0n) is 15.1. The minimum atomic E-state index is 0. The van der Waals surface area contributed by atoms with E-state index in [0.717, 1.165) is 46.6 Å². The van der Waals surface area contributed by atoms with Crippen molar-refractivity contribution in [3.63, 3.8) is 0 Å². The predicted molar refractivity (Wildman–Crippen MR) is 110 cm³/mol. The highest BCUT2D eigenvalue weighted by atomic mass is 35.5. The summed E-state index contributed by atoms with van der Waals surface area (Å²) in [5.41, 5.74) is 2.11. The van der Waals surface area contributed by atoms with Crippen LogP contribution < -0.4 is 14.4 Å². The van der Waals surface area contributed by atoms with Gasteiger partial charge < -0.3 is 14.4 Å². The van der Waals surface area contributed by atoms with E-state index >= 15 is 0 Å². The minimum absolute atomic E-state index is 0. The quantitative estimate of drug-likeness (QED) is 0.633. The number of thiazole rings is 1. The predicted octanol–water partition coefficient (Wildman–Crippen LogP) is 4.88. The summed E-state index contributed by atoms with van der Waals surface area (Å²) in [5, 5.41) is 2.13. The normalized spacial score (nSPS) is 14.8. The fraction of sp³-hybridized carbons (Fsp3) is 0.421. The molecule has 3 aromatic rings. The molecular weight excluding hydrogens is 370 g/mol. The second-order valence-electron chi connectivity index (χ2n) is 6.34. The van der Waals surface area contributed by atoms with Gasteiger partial charge in [0.25, 0.3) is 0 Å². The van der Waals surface area contributed by atoms with Gasteiger partial charge in [0.15, 0.2) is 4.96 Å². The van der Waals surface area contributed by atoms with E-state index in [1.165, 1.54) is 25.7 Å². The SMILES string of the molecule is COc1ccc(OC)c(-c2csc3nc(N4CCCCCC4)cn23)c1.Cl. The number of anilines is 1. The van der Waals surface area contributed by atoms with Gasteiger partial charge in [-0.1, -0.05) is 12.8 Å². The highest BCUT2D eigenvalue weighted by molar-refractivity contribution is 7.15. The zero-order chi connectivity index (χ0) is 17.2. The topological polar surface area (TPSA) is 39.0 Å². The Labute approximate surface area is 164 Å². The number of hydrogen-bond acceptors (Lipinski definition) is 5. The van der Waals surface area contributed by atoms with Crippen LogP contribution >= 0.6 is 23.7 Å². The van der Waals surface area contributed by atoms with Crippen LogP contribution in [0.1, 0.15) is 25.7 Å². The third-order valence-electron chi connectivity index (χ3n) is 4.81. The molecule has 0 atom stereocenters. The fourth-order valence-corrected chi connectivity index (χ4v) is 4.30. The second-order valence-corrected chi connectivity index (χ2v) is 7.18. The van der Waals surface area contributed by atoms with Gasteiger partial charge >= 0.3 is 0 Å². The van der Waals surface area contributed by atoms with Gasteiger partial charge in [0.05, 0.1) is 26.1 Å².